The van der Waals surface area contributed by atoms with Gasteiger partial charge in [0.1, 0.15) is 17.5 Å². The minimum Gasteiger partial charge on any atom is -0.495 e. The number of para-hydroxylation sites is 1. The van der Waals surface area contributed by atoms with Crippen LogP contribution in [0.3, 0.4) is 0 Å². The molecular formula is C14H17N3O4. The summed E-state index contributed by atoms with van der Waals surface area (Å²) >= 11 is 0. The fraction of sp³-hybridized carbons (Fsp3) is 0.357. The number of hydrogen-bond donors (Lipinski definition) is 3. The molecule has 1 aromatic carbocycles. The van der Waals surface area contributed by atoms with Crippen molar-refractivity contribution in [2.75, 3.05) is 19.0 Å². The third kappa shape index (κ3) is 4.38. The van der Waals surface area contributed by atoms with Gasteiger partial charge < -0.3 is 20.5 Å². The maximum absolute atomic E-state index is 11.8. The summed E-state index contributed by atoms with van der Waals surface area (Å²) in [6.07, 6.45) is 0.410. The molecule has 0 aliphatic rings. The molecule has 0 saturated carbocycles. The first kappa shape index (κ1) is 16.3. The van der Waals surface area contributed by atoms with Crippen LogP contribution in [0.2, 0.25) is 0 Å². The highest BCUT2D eigenvalue weighted by atomic mass is 16.5. The second kappa shape index (κ2) is 7.75. The maximum Gasteiger partial charge on any atom is 0.319 e. The van der Waals surface area contributed by atoms with Crippen LogP contribution >= 0.6 is 0 Å². The molecule has 0 bridgehead atoms. The third-order valence-corrected chi connectivity index (χ3v) is 2.96. The Balaban J connectivity index is 2.76. The smallest absolute Gasteiger partial charge is 0.319 e. The van der Waals surface area contributed by atoms with E-state index in [1.165, 1.54) is 7.11 Å². The molecule has 2 amide bonds. The lowest BCUT2D eigenvalue weighted by Gasteiger charge is -2.14. The number of carboxylic acid groups (broad SMARTS) is 1. The Kier molecular flexibility index (Phi) is 6.01. The predicted molar refractivity (Wildman–Crippen MR) is 76.1 cm³/mol. The van der Waals surface area contributed by atoms with E-state index < -0.39 is 17.9 Å². The molecule has 21 heavy (non-hydrogen) atoms. The number of anilines is 1. The lowest BCUT2D eigenvalue weighted by atomic mass is 10.1. The Labute approximate surface area is 122 Å². The van der Waals surface area contributed by atoms with Crippen molar-refractivity contribution in [2.45, 2.75) is 13.3 Å². The van der Waals surface area contributed by atoms with Crippen LogP contribution in [0.15, 0.2) is 18.2 Å². The standard InChI is InChI=1S/C14H17N3O4/c1-3-9(13(18)19)8-16-14(20)17-12-10(7-15)5-4-6-11(12)21-2/h4-6,9H,3,8H2,1-2H3,(H,18,19)(H2,16,17,20). The zero-order valence-corrected chi connectivity index (χ0v) is 11.8. The van der Waals surface area contributed by atoms with Crippen molar-refractivity contribution in [1.29, 1.82) is 5.26 Å². The van der Waals surface area contributed by atoms with E-state index in [-0.39, 0.29) is 17.8 Å². The molecule has 1 unspecified atom stereocenters. The minimum absolute atomic E-state index is 0.00863. The number of aliphatic carboxylic acids is 1. The van der Waals surface area contributed by atoms with Gasteiger partial charge in [0.25, 0.3) is 0 Å². The number of nitriles is 1. The number of ether oxygens (including phenoxy) is 1. The van der Waals surface area contributed by atoms with E-state index in [4.69, 9.17) is 15.1 Å². The molecular weight excluding hydrogens is 274 g/mol. The summed E-state index contributed by atoms with van der Waals surface area (Å²) in [5.74, 6) is -1.26. The van der Waals surface area contributed by atoms with Gasteiger partial charge in [0.05, 0.1) is 18.6 Å². The molecule has 0 spiro atoms. The molecule has 0 radical (unpaired) electrons. The average molecular weight is 291 g/mol. The van der Waals surface area contributed by atoms with Crippen molar-refractivity contribution in [3.05, 3.63) is 23.8 Å². The second-order valence-electron chi connectivity index (χ2n) is 4.27. The number of carboxylic acids is 1. The molecule has 112 valence electrons. The van der Waals surface area contributed by atoms with E-state index in [1.54, 1.807) is 25.1 Å². The van der Waals surface area contributed by atoms with Gasteiger partial charge >= 0.3 is 12.0 Å². The largest absolute Gasteiger partial charge is 0.495 e. The van der Waals surface area contributed by atoms with Crippen LogP contribution in [0.25, 0.3) is 0 Å². The van der Waals surface area contributed by atoms with Crippen molar-refractivity contribution in [1.82, 2.24) is 5.32 Å². The summed E-state index contributed by atoms with van der Waals surface area (Å²) in [4.78, 5) is 22.7. The molecule has 1 atom stereocenters. The van der Waals surface area contributed by atoms with Crippen LogP contribution in [-0.4, -0.2) is 30.8 Å². The first-order chi connectivity index (χ1) is 10.0. The normalized spacial score (nSPS) is 11.1. The molecule has 1 aromatic rings. The number of rotatable bonds is 6. The van der Waals surface area contributed by atoms with Crippen molar-refractivity contribution < 1.29 is 19.4 Å². The first-order valence-corrected chi connectivity index (χ1v) is 6.38. The fourth-order valence-corrected chi connectivity index (χ4v) is 1.70. The second-order valence-corrected chi connectivity index (χ2v) is 4.27. The van der Waals surface area contributed by atoms with Crippen molar-refractivity contribution in [3.8, 4) is 11.8 Å². The van der Waals surface area contributed by atoms with Crippen molar-refractivity contribution >= 4 is 17.7 Å². The molecule has 0 aromatic heterocycles. The Morgan fingerprint density at radius 3 is 2.71 bits per heavy atom. The molecule has 3 N–H and O–H groups in total. The van der Waals surface area contributed by atoms with Crippen LogP contribution in [-0.2, 0) is 4.79 Å². The van der Waals surface area contributed by atoms with Gasteiger partial charge in [0.15, 0.2) is 0 Å². The van der Waals surface area contributed by atoms with Gasteiger partial charge in [-0.3, -0.25) is 4.79 Å². The van der Waals surface area contributed by atoms with Gasteiger partial charge in [-0.05, 0) is 18.6 Å². The lowest BCUT2D eigenvalue weighted by molar-refractivity contribution is -0.141. The summed E-state index contributed by atoms with van der Waals surface area (Å²) in [5.41, 5.74) is 0.512. The highest BCUT2D eigenvalue weighted by Crippen LogP contribution is 2.27. The molecule has 0 aliphatic carbocycles. The van der Waals surface area contributed by atoms with E-state index in [0.717, 1.165) is 0 Å². The van der Waals surface area contributed by atoms with Gasteiger partial charge in [-0.15, -0.1) is 0 Å². The number of benzene rings is 1. The van der Waals surface area contributed by atoms with E-state index >= 15 is 0 Å². The molecule has 0 aliphatic heterocycles. The Morgan fingerprint density at radius 2 is 2.19 bits per heavy atom. The molecule has 7 nitrogen and oxygen atoms in total. The van der Waals surface area contributed by atoms with Gasteiger partial charge in [-0.2, -0.15) is 5.26 Å². The lowest BCUT2D eigenvalue weighted by Crippen LogP contribution is -2.35. The van der Waals surface area contributed by atoms with Crippen LogP contribution in [0.1, 0.15) is 18.9 Å². The first-order valence-electron chi connectivity index (χ1n) is 6.38. The number of hydrogen-bond acceptors (Lipinski definition) is 4. The average Bonchev–Trinajstić information content (AvgIpc) is 2.47. The maximum atomic E-state index is 11.8. The van der Waals surface area contributed by atoms with Gasteiger partial charge in [0, 0.05) is 6.54 Å². The van der Waals surface area contributed by atoms with E-state index in [0.29, 0.717) is 12.2 Å². The summed E-state index contributed by atoms with van der Waals surface area (Å²) in [6, 6.07) is 6.16. The number of carbonyl (C=O) groups excluding carboxylic acids is 1. The Hall–Kier alpha value is -2.75. The highest BCUT2D eigenvalue weighted by molar-refractivity contribution is 5.93. The topological polar surface area (TPSA) is 111 Å². The van der Waals surface area contributed by atoms with Crippen LogP contribution in [0.5, 0.6) is 5.75 Å². The number of nitrogens with one attached hydrogen (secondary N) is 2. The summed E-state index contributed by atoms with van der Waals surface area (Å²) in [6.45, 7) is 1.74. The summed E-state index contributed by atoms with van der Waals surface area (Å²) < 4.78 is 5.09. The van der Waals surface area contributed by atoms with Gasteiger partial charge in [-0.25, -0.2) is 4.79 Å². The quantitative estimate of drug-likeness (QED) is 0.740. The molecule has 7 heteroatoms. The monoisotopic (exact) mass is 291 g/mol. The van der Waals surface area contributed by atoms with E-state index in [2.05, 4.69) is 10.6 Å². The zero-order chi connectivity index (χ0) is 15.8. The van der Waals surface area contributed by atoms with Gasteiger partial charge in [0.2, 0.25) is 0 Å². The fourth-order valence-electron chi connectivity index (χ4n) is 1.70. The zero-order valence-electron chi connectivity index (χ0n) is 11.8. The van der Waals surface area contributed by atoms with Crippen LogP contribution in [0, 0.1) is 17.2 Å². The number of amides is 2. The number of nitrogens with zero attached hydrogens (tertiary/aromatic N) is 1. The van der Waals surface area contributed by atoms with Gasteiger partial charge in [-0.1, -0.05) is 13.0 Å². The summed E-state index contributed by atoms with van der Waals surface area (Å²) in [5, 5.41) is 22.9. The molecule has 0 saturated heterocycles. The highest BCUT2D eigenvalue weighted by Gasteiger charge is 2.17. The molecule has 0 heterocycles. The van der Waals surface area contributed by atoms with E-state index in [1.807, 2.05) is 6.07 Å². The third-order valence-electron chi connectivity index (χ3n) is 2.96. The van der Waals surface area contributed by atoms with Crippen LogP contribution in [0.4, 0.5) is 10.5 Å². The van der Waals surface area contributed by atoms with E-state index in [9.17, 15) is 9.59 Å². The predicted octanol–water partition coefficient (Wildman–Crippen LogP) is 1.80. The Morgan fingerprint density at radius 1 is 1.48 bits per heavy atom. The molecule has 1 rings (SSSR count). The minimum atomic E-state index is -0.965. The number of urea groups is 1. The SMILES string of the molecule is CCC(CNC(=O)Nc1c(C#N)cccc1OC)C(=O)O. The van der Waals surface area contributed by atoms with Crippen molar-refractivity contribution in [3.63, 3.8) is 0 Å². The Bertz CT molecular complexity index is 566. The number of methoxy groups -OCH3 is 1. The van der Waals surface area contributed by atoms with Crippen LogP contribution < -0.4 is 15.4 Å². The number of carbonyl (C=O) groups is 2. The van der Waals surface area contributed by atoms with Crippen molar-refractivity contribution in [2.24, 2.45) is 5.92 Å². The molecule has 0 fully saturated rings. The summed E-state index contributed by atoms with van der Waals surface area (Å²) in [7, 11) is 1.43.